The SMILES string of the molecule is C/N=C(/CN1CCNCC1)c1nc(N2CCNCC2)nc(Nc2ccncn2)c1NCCOCC(F)(F)F. The Labute approximate surface area is 219 Å². The smallest absolute Gasteiger partial charge is 0.378 e. The Bertz CT molecular complexity index is 1040. The Balaban J connectivity index is 1.68. The molecule has 0 aromatic carbocycles. The quantitative estimate of drug-likeness (QED) is 0.239. The van der Waals surface area contributed by atoms with E-state index in [1.54, 1.807) is 19.3 Å². The van der Waals surface area contributed by atoms with Crippen molar-refractivity contribution in [2.45, 2.75) is 6.18 Å². The van der Waals surface area contributed by atoms with Gasteiger partial charge in [-0.3, -0.25) is 9.89 Å². The lowest BCUT2D eigenvalue weighted by Crippen LogP contribution is -2.46. The average molecular weight is 538 g/mol. The highest BCUT2D eigenvalue weighted by atomic mass is 19.4. The zero-order chi connectivity index (χ0) is 26.8. The number of rotatable bonds is 11. The highest BCUT2D eigenvalue weighted by molar-refractivity contribution is 6.07. The Hall–Kier alpha value is -3.14. The van der Waals surface area contributed by atoms with Crippen LogP contribution in [0.4, 0.5) is 36.4 Å². The van der Waals surface area contributed by atoms with Crippen LogP contribution in [-0.2, 0) is 4.74 Å². The first kappa shape index (κ1) is 27.9. The Kier molecular flexibility index (Phi) is 9.98. The number of aromatic nitrogens is 4. The van der Waals surface area contributed by atoms with Gasteiger partial charge in [0.2, 0.25) is 5.95 Å². The van der Waals surface area contributed by atoms with Crippen molar-refractivity contribution in [2.24, 2.45) is 4.99 Å². The molecule has 0 saturated carbocycles. The Morgan fingerprint density at radius 3 is 2.50 bits per heavy atom. The summed E-state index contributed by atoms with van der Waals surface area (Å²) in [6, 6.07) is 1.71. The lowest BCUT2D eigenvalue weighted by Gasteiger charge is -2.30. The molecule has 38 heavy (non-hydrogen) atoms. The number of nitrogens with zero attached hydrogens (tertiary/aromatic N) is 7. The van der Waals surface area contributed by atoms with Gasteiger partial charge in [-0.1, -0.05) is 0 Å². The molecular weight excluding hydrogens is 503 g/mol. The van der Waals surface area contributed by atoms with Crippen molar-refractivity contribution in [1.82, 2.24) is 35.5 Å². The second-order valence-corrected chi connectivity index (χ2v) is 8.84. The van der Waals surface area contributed by atoms with Crippen molar-refractivity contribution in [2.75, 3.05) is 101 Å². The fourth-order valence-corrected chi connectivity index (χ4v) is 4.18. The van der Waals surface area contributed by atoms with Gasteiger partial charge in [0.25, 0.3) is 0 Å². The lowest BCUT2D eigenvalue weighted by molar-refractivity contribution is -0.172. The highest BCUT2D eigenvalue weighted by Crippen LogP contribution is 2.29. The van der Waals surface area contributed by atoms with E-state index in [0.29, 0.717) is 35.5 Å². The molecule has 0 spiro atoms. The van der Waals surface area contributed by atoms with Gasteiger partial charge in [0.1, 0.15) is 30.1 Å². The molecule has 2 aromatic heterocycles. The van der Waals surface area contributed by atoms with E-state index in [1.807, 2.05) is 0 Å². The minimum atomic E-state index is -4.38. The molecule has 0 amide bonds. The topological polar surface area (TPSA) is 128 Å². The van der Waals surface area contributed by atoms with Crippen LogP contribution < -0.4 is 26.2 Å². The molecule has 4 rings (SSSR count). The van der Waals surface area contributed by atoms with Crippen LogP contribution in [0.15, 0.2) is 23.6 Å². The van der Waals surface area contributed by atoms with Gasteiger partial charge in [0.05, 0.1) is 12.3 Å². The number of nitrogens with one attached hydrogen (secondary N) is 4. The summed E-state index contributed by atoms with van der Waals surface area (Å²) in [7, 11) is 1.72. The molecule has 0 bridgehead atoms. The zero-order valence-electron chi connectivity index (χ0n) is 21.4. The van der Waals surface area contributed by atoms with Gasteiger partial charge in [0, 0.05) is 78.7 Å². The molecular formula is C23H34F3N11O. The summed E-state index contributed by atoms with van der Waals surface area (Å²) in [5.74, 6) is 1.50. The fraction of sp³-hybridized carbons (Fsp3) is 0.609. The second-order valence-electron chi connectivity index (χ2n) is 8.84. The molecule has 4 heterocycles. The molecule has 0 atom stereocenters. The minimum absolute atomic E-state index is 0.114. The van der Waals surface area contributed by atoms with E-state index in [4.69, 9.17) is 14.7 Å². The number of ether oxygens (including phenoxy) is 1. The van der Waals surface area contributed by atoms with Gasteiger partial charge >= 0.3 is 6.18 Å². The number of anilines is 4. The van der Waals surface area contributed by atoms with E-state index < -0.39 is 12.8 Å². The van der Waals surface area contributed by atoms with Crippen LogP contribution in [0.25, 0.3) is 0 Å². The molecule has 4 N–H and O–H groups in total. The number of alkyl halides is 3. The molecule has 208 valence electrons. The van der Waals surface area contributed by atoms with Gasteiger partial charge in [-0.2, -0.15) is 18.2 Å². The molecule has 2 fully saturated rings. The predicted molar refractivity (Wildman–Crippen MR) is 140 cm³/mol. The molecule has 0 aliphatic carbocycles. The van der Waals surface area contributed by atoms with E-state index in [1.165, 1.54) is 6.33 Å². The maximum absolute atomic E-state index is 12.6. The third-order valence-corrected chi connectivity index (χ3v) is 6.07. The van der Waals surface area contributed by atoms with Gasteiger partial charge in [0.15, 0.2) is 5.82 Å². The van der Waals surface area contributed by atoms with Crippen LogP contribution in [0.5, 0.6) is 0 Å². The number of halogens is 3. The summed E-state index contributed by atoms with van der Waals surface area (Å²) < 4.78 is 42.5. The molecule has 2 aromatic rings. The molecule has 15 heteroatoms. The third-order valence-electron chi connectivity index (χ3n) is 6.07. The maximum atomic E-state index is 12.6. The van der Waals surface area contributed by atoms with E-state index in [9.17, 15) is 13.2 Å². The number of piperazine rings is 2. The van der Waals surface area contributed by atoms with Crippen LogP contribution >= 0.6 is 0 Å². The van der Waals surface area contributed by atoms with Gasteiger partial charge in [-0.05, 0) is 6.07 Å². The Morgan fingerprint density at radius 2 is 1.84 bits per heavy atom. The molecule has 12 nitrogen and oxygen atoms in total. The zero-order valence-corrected chi connectivity index (χ0v) is 21.4. The monoisotopic (exact) mass is 537 g/mol. The van der Waals surface area contributed by atoms with Crippen LogP contribution in [0.3, 0.4) is 0 Å². The first-order valence-corrected chi connectivity index (χ1v) is 12.6. The normalized spacial score (nSPS) is 17.5. The van der Waals surface area contributed by atoms with Crippen molar-refractivity contribution < 1.29 is 17.9 Å². The first-order valence-electron chi connectivity index (χ1n) is 12.6. The summed E-state index contributed by atoms with van der Waals surface area (Å²) in [6.45, 7) is 5.82. The van der Waals surface area contributed by atoms with Crippen molar-refractivity contribution >= 4 is 29.0 Å². The largest absolute Gasteiger partial charge is 0.411 e. The van der Waals surface area contributed by atoms with E-state index in [2.05, 4.69) is 46.0 Å². The van der Waals surface area contributed by atoms with E-state index in [-0.39, 0.29) is 13.2 Å². The van der Waals surface area contributed by atoms with Gasteiger partial charge in [-0.15, -0.1) is 0 Å². The van der Waals surface area contributed by atoms with Crippen molar-refractivity contribution in [3.63, 3.8) is 0 Å². The van der Waals surface area contributed by atoms with Crippen molar-refractivity contribution in [3.05, 3.63) is 24.3 Å². The minimum Gasteiger partial charge on any atom is -0.378 e. The average Bonchev–Trinajstić information content (AvgIpc) is 2.93. The molecule has 2 saturated heterocycles. The van der Waals surface area contributed by atoms with E-state index >= 15 is 0 Å². The lowest BCUT2D eigenvalue weighted by atomic mass is 10.1. The standard InChI is InChI=1S/C23H34F3N11O/c1-27-17(14-36-9-4-28-5-10-36)19-20(31-8-13-38-15-23(24,25)26)21(33-18-2-3-30-16-32-18)35-22(34-19)37-11-6-29-7-12-37/h2-3,16,28-29,31H,4-15H2,1H3,(H,30,32,33,34,35)/b27-17-. The molecule has 2 aliphatic heterocycles. The van der Waals surface area contributed by atoms with E-state index in [0.717, 1.165) is 58.1 Å². The Morgan fingerprint density at radius 1 is 1.11 bits per heavy atom. The van der Waals surface area contributed by atoms with Crippen LogP contribution in [-0.4, -0.2) is 122 Å². The predicted octanol–water partition coefficient (Wildman–Crippen LogP) is 0.735. The number of hydrogen-bond donors (Lipinski definition) is 4. The summed E-state index contributed by atoms with van der Waals surface area (Å²) >= 11 is 0. The molecule has 0 unspecified atom stereocenters. The summed E-state index contributed by atoms with van der Waals surface area (Å²) in [5, 5.41) is 13.1. The second kappa shape index (κ2) is 13.6. The maximum Gasteiger partial charge on any atom is 0.411 e. The summed E-state index contributed by atoms with van der Waals surface area (Å²) in [6.07, 6.45) is -1.36. The summed E-state index contributed by atoms with van der Waals surface area (Å²) in [4.78, 5) is 26.9. The first-order chi connectivity index (χ1) is 18.4. The fourth-order valence-electron chi connectivity index (χ4n) is 4.18. The van der Waals surface area contributed by atoms with Gasteiger partial charge in [-0.25, -0.2) is 15.0 Å². The highest BCUT2D eigenvalue weighted by Gasteiger charge is 2.28. The van der Waals surface area contributed by atoms with Crippen molar-refractivity contribution in [3.8, 4) is 0 Å². The van der Waals surface area contributed by atoms with Crippen LogP contribution in [0, 0.1) is 0 Å². The van der Waals surface area contributed by atoms with Crippen molar-refractivity contribution in [1.29, 1.82) is 0 Å². The van der Waals surface area contributed by atoms with Crippen LogP contribution in [0.1, 0.15) is 5.69 Å². The summed E-state index contributed by atoms with van der Waals surface area (Å²) in [5.41, 5.74) is 1.85. The molecule has 0 radical (unpaired) electrons. The third kappa shape index (κ3) is 8.18. The number of hydrogen-bond acceptors (Lipinski definition) is 12. The van der Waals surface area contributed by atoms with Crippen LogP contribution in [0.2, 0.25) is 0 Å². The van der Waals surface area contributed by atoms with Gasteiger partial charge < -0.3 is 30.9 Å². The molecule has 2 aliphatic rings. The number of aliphatic imine (C=N–C) groups is 1.